The molecule has 5 rings (SSSR count). The average Bonchev–Trinajstić information content (AvgIpc) is 3.31. The smallest absolute Gasteiger partial charge is 0.304 e. The molecule has 6 nitrogen and oxygen atoms in total. The van der Waals surface area contributed by atoms with Crippen LogP contribution in [0.25, 0.3) is 10.9 Å². The summed E-state index contributed by atoms with van der Waals surface area (Å²) in [5.41, 5.74) is -2.40. The molecule has 9 heteroatoms. The summed E-state index contributed by atoms with van der Waals surface area (Å²) in [5.74, 6) is -3.55. The van der Waals surface area contributed by atoms with Crippen molar-refractivity contribution >= 4 is 22.5 Å². The van der Waals surface area contributed by atoms with Gasteiger partial charge in [-0.3, -0.25) is 0 Å². The van der Waals surface area contributed by atoms with Gasteiger partial charge < -0.3 is 15.3 Å². The third kappa shape index (κ3) is 4.11. The fourth-order valence-electron chi connectivity index (χ4n) is 4.75. The lowest BCUT2D eigenvalue weighted by molar-refractivity contribution is -0.218. The van der Waals surface area contributed by atoms with E-state index in [4.69, 9.17) is 0 Å². The van der Waals surface area contributed by atoms with Crippen molar-refractivity contribution in [3.05, 3.63) is 65.4 Å². The highest BCUT2D eigenvalue weighted by Crippen LogP contribution is 2.50. The topological polar surface area (TPSA) is 74.2 Å². The van der Waals surface area contributed by atoms with Crippen LogP contribution in [0.5, 0.6) is 0 Å². The van der Waals surface area contributed by atoms with Crippen molar-refractivity contribution < 1.29 is 18.3 Å². The van der Waals surface area contributed by atoms with Gasteiger partial charge in [0, 0.05) is 30.6 Å². The fourth-order valence-corrected chi connectivity index (χ4v) is 4.75. The second-order valence-electron chi connectivity index (χ2n) is 9.54. The van der Waals surface area contributed by atoms with Gasteiger partial charge in [-0.25, -0.2) is 19.3 Å². The Hall–Kier alpha value is -3.20. The van der Waals surface area contributed by atoms with Crippen LogP contribution in [-0.2, 0) is 12.5 Å². The molecule has 3 heterocycles. The molecule has 0 amide bonds. The van der Waals surface area contributed by atoms with E-state index in [0.29, 0.717) is 35.4 Å². The lowest BCUT2D eigenvalue weighted by Crippen LogP contribution is -2.52. The number of aliphatic hydroxyl groups is 1. The van der Waals surface area contributed by atoms with Crippen molar-refractivity contribution in [3.8, 4) is 0 Å². The maximum absolute atomic E-state index is 15.4. The molecular formula is C26H28F3N5O. The van der Waals surface area contributed by atoms with E-state index in [1.54, 1.807) is 13.1 Å². The molecule has 1 aliphatic heterocycles. The summed E-state index contributed by atoms with van der Waals surface area (Å²) >= 11 is 0. The number of hydrogen-bond acceptors (Lipinski definition) is 6. The molecule has 2 aliphatic rings. The zero-order valence-corrected chi connectivity index (χ0v) is 19.7. The summed E-state index contributed by atoms with van der Waals surface area (Å²) in [4.78, 5) is 15.5. The molecule has 2 aromatic heterocycles. The summed E-state index contributed by atoms with van der Waals surface area (Å²) in [6.07, 6.45) is 7.61. The second kappa shape index (κ2) is 8.78. The predicted molar refractivity (Wildman–Crippen MR) is 129 cm³/mol. The normalized spacial score (nSPS) is 18.1. The molecule has 0 bridgehead atoms. The summed E-state index contributed by atoms with van der Waals surface area (Å²) in [5, 5.41) is 14.5. The molecule has 35 heavy (non-hydrogen) atoms. The molecule has 184 valence electrons. The van der Waals surface area contributed by atoms with Crippen molar-refractivity contribution in [3.63, 3.8) is 0 Å². The Morgan fingerprint density at radius 2 is 1.91 bits per heavy atom. The molecule has 1 fully saturated rings. The van der Waals surface area contributed by atoms with Crippen LogP contribution in [0.15, 0.2) is 42.6 Å². The zero-order valence-electron chi connectivity index (χ0n) is 19.7. The van der Waals surface area contributed by atoms with Crippen LogP contribution < -0.4 is 10.2 Å². The predicted octanol–water partition coefficient (Wildman–Crippen LogP) is 5.10. The van der Waals surface area contributed by atoms with Gasteiger partial charge in [-0.1, -0.05) is 30.7 Å². The van der Waals surface area contributed by atoms with E-state index < -0.39 is 28.8 Å². The van der Waals surface area contributed by atoms with E-state index in [2.05, 4.69) is 37.3 Å². The maximum atomic E-state index is 15.4. The number of aromatic nitrogens is 3. The number of pyridine rings is 1. The highest BCUT2D eigenvalue weighted by Gasteiger charge is 2.57. The Balaban J connectivity index is 1.44. The minimum absolute atomic E-state index is 0.0597. The van der Waals surface area contributed by atoms with Crippen molar-refractivity contribution in [1.29, 1.82) is 0 Å². The van der Waals surface area contributed by atoms with Gasteiger partial charge in [0.05, 0.1) is 17.3 Å². The van der Waals surface area contributed by atoms with E-state index in [-0.39, 0.29) is 12.1 Å². The summed E-state index contributed by atoms with van der Waals surface area (Å²) in [7, 11) is 0. The van der Waals surface area contributed by atoms with Crippen LogP contribution >= 0.6 is 0 Å². The van der Waals surface area contributed by atoms with Crippen LogP contribution in [0, 0.1) is 18.7 Å². The van der Waals surface area contributed by atoms with Gasteiger partial charge in [0.2, 0.25) is 0 Å². The molecule has 0 spiro atoms. The first kappa shape index (κ1) is 23.5. The average molecular weight is 484 g/mol. The van der Waals surface area contributed by atoms with E-state index in [1.807, 2.05) is 6.07 Å². The zero-order chi connectivity index (χ0) is 24.8. The number of alkyl halides is 2. The first-order valence-corrected chi connectivity index (χ1v) is 11.8. The summed E-state index contributed by atoms with van der Waals surface area (Å²) in [6, 6.07) is 5.78. The van der Waals surface area contributed by atoms with Gasteiger partial charge in [-0.15, -0.1) is 0 Å². The third-order valence-corrected chi connectivity index (χ3v) is 7.22. The molecule has 1 aliphatic carbocycles. The van der Waals surface area contributed by atoms with Crippen LogP contribution in [0.3, 0.4) is 0 Å². The Morgan fingerprint density at radius 3 is 2.60 bits per heavy atom. The molecule has 1 aromatic carbocycles. The van der Waals surface area contributed by atoms with E-state index in [9.17, 15) is 5.11 Å². The highest BCUT2D eigenvalue weighted by atomic mass is 19.3. The SMILES string of the molecule is Cc1nc(NCc2cccc(C(F)(F)C(C)(O)C3CCC3)c2F)c2cc(N3CC=CC3)ncc2n1. The van der Waals surface area contributed by atoms with Crippen LogP contribution in [0.4, 0.5) is 24.8 Å². The molecule has 0 radical (unpaired) electrons. The molecule has 1 atom stereocenters. The van der Waals surface area contributed by atoms with Gasteiger partial charge in [0.25, 0.3) is 0 Å². The van der Waals surface area contributed by atoms with Crippen LogP contribution in [0.2, 0.25) is 0 Å². The monoisotopic (exact) mass is 483 g/mol. The molecular weight excluding hydrogens is 455 g/mol. The van der Waals surface area contributed by atoms with E-state index >= 15 is 13.2 Å². The van der Waals surface area contributed by atoms with Crippen molar-refractivity contribution in [1.82, 2.24) is 15.0 Å². The van der Waals surface area contributed by atoms with Crippen molar-refractivity contribution in [2.45, 2.75) is 51.2 Å². The number of rotatable bonds is 7. The van der Waals surface area contributed by atoms with E-state index in [1.165, 1.54) is 12.1 Å². The number of halogens is 3. The molecule has 1 saturated carbocycles. The first-order valence-electron chi connectivity index (χ1n) is 11.8. The van der Waals surface area contributed by atoms with Gasteiger partial charge in [0.1, 0.15) is 28.9 Å². The molecule has 1 unspecified atom stereocenters. The van der Waals surface area contributed by atoms with E-state index in [0.717, 1.165) is 38.3 Å². The molecule has 0 saturated heterocycles. The lowest BCUT2D eigenvalue weighted by atomic mass is 9.69. The van der Waals surface area contributed by atoms with Crippen molar-refractivity contribution in [2.75, 3.05) is 23.3 Å². The number of anilines is 2. The fraction of sp³-hybridized carbons (Fsp3) is 0.423. The van der Waals surface area contributed by atoms with Gasteiger partial charge in [0.15, 0.2) is 0 Å². The van der Waals surface area contributed by atoms with Gasteiger partial charge >= 0.3 is 5.92 Å². The summed E-state index contributed by atoms with van der Waals surface area (Å²) < 4.78 is 46.0. The Bertz CT molecular complexity index is 1280. The van der Waals surface area contributed by atoms with Crippen LogP contribution in [-0.4, -0.2) is 38.7 Å². The van der Waals surface area contributed by atoms with Gasteiger partial charge in [-0.05, 0) is 44.7 Å². The Kier molecular flexibility index (Phi) is 5.91. The maximum Gasteiger partial charge on any atom is 0.304 e. The Morgan fingerprint density at radius 1 is 1.17 bits per heavy atom. The number of aryl methyl sites for hydroxylation is 1. The highest BCUT2D eigenvalue weighted by molar-refractivity contribution is 5.90. The first-order chi connectivity index (χ1) is 16.7. The van der Waals surface area contributed by atoms with Gasteiger partial charge in [-0.2, -0.15) is 8.78 Å². The lowest BCUT2D eigenvalue weighted by Gasteiger charge is -2.43. The summed E-state index contributed by atoms with van der Waals surface area (Å²) in [6.45, 7) is 4.30. The minimum Gasteiger partial charge on any atom is -0.383 e. The number of fused-ring (bicyclic) bond motifs is 1. The van der Waals surface area contributed by atoms with Crippen molar-refractivity contribution in [2.24, 2.45) is 5.92 Å². The number of nitrogens with one attached hydrogen (secondary N) is 1. The largest absolute Gasteiger partial charge is 0.383 e. The third-order valence-electron chi connectivity index (χ3n) is 7.22. The quantitative estimate of drug-likeness (QED) is 0.456. The standard InChI is InChI=1S/C26H28F3N5O/c1-16-32-21-15-30-22(34-11-3-4-12-34)13-19(21)24(33-16)31-14-17-7-5-10-20(23(17)27)26(28,29)25(2,35)18-8-6-9-18/h3-5,7,10,13,15,18,35H,6,8-9,11-12,14H2,1-2H3,(H,31,32,33). The number of hydrogen-bond donors (Lipinski definition) is 2. The number of benzene rings is 1. The number of nitrogens with zero attached hydrogens (tertiary/aromatic N) is 4. The molecule has 3 aromatic rings. The second-order valence-corrected chi connectivity index (χ2v) is 9.54. The van der Waals surface area contributed by atoms with Crippen LogP contribution in [0.1, 0.15) is 43.1 Å². The Labute approximate surface area is 201 Å². The minimum atomic E-state index is -3.72. The molecule has 2 N–H and O–H groups in total.